The molecule has 0 spiro atoms. The minimum atomic E-state index is -0.569. The van der Waals surface area contributed by atoms with Gasteiger partial charge >= 0.3 is 5.97 Å². The van der Waals surface area contributed by atoms with Crippen molar-refractivity contribution in [1.82, 2.24) is 0 Å². The molecule has 0 bridgehead atoms. The molecule has 0 saturated heterocycles. The number of esters is 1. The Bertz CT molecular complexity index is 1100. The third kappa shape index (κ3) is 3.78. The zero-order valence-electron chi connectivity index (χ0n) is 13.6. The largest absolute Gasteiger partial charge is 0.457 e. The van der Waals surface area contributed by atoms with Crippen molar-refractivity contribution in [1.29, 1.82) is 0 Å². The third-order valence-corrected chi connectivity index (χ3v) is 4.81. The van der Waals surface area contributed by atoms with Crippen LogP contribution in [0.5, 0.6) is 0 Å². The van der Waals surface area contributed by atoms with Crippen LogP contribution in [0.4, 0.5) is 0 Å². The number of aliphatic imine (C=N–C) groups is 1. The molecule has 0 unspecified atom stereocenters. The summed E-state index contributed by atoms with van der Waals surface area (Å²) in [6, 6.07) is 15.7. The van der Waals surface area contributed by atoms with Gasteiger partial charge in [0.2, 0.25) is 5.90 Å². The summed E-state index contributed by atoms with van der Waals surface area (Å²) < 4.78 is 11.0. The molecule has 3 aromatic rings. The minimum absolute atomic E-state index is 0.132. The number of hydrogen-bond acceptors (Lipinski definition) is 4. The fraction of sp³-hybridized carbons (Fsp3) is 0. The fourth-order valence-corrected chi connectivity index (χ4v) is 2.92. The topological polar surface area (TPSA) is 51.8 Å². The van der Waals surface area contributed by atoms with Crippen LogP contribution in [-0.4, -0.2) is 11.9 Å². The lowest BCUT2D eigenvalue weighted by Gasteiger charge is -2.01. The van der Waals surface area contributed by atoms with E-state index >= 15 is 0 Å². The van der Waals surface area contributed by atoms with Crippen LogP contribution in [0.25, 0.3) is 17.4 Å². The Hall–Kier alpha value is -2.53. The first-order valence-electron chi connectivity index (χ1n) is 7.83. The maximum Gasteiger partial charge on any atom is 0.363 e. The predicted octanol–water partition coefficient (Wildman–Crippen LogP) is 6.25. The summed E-state index contributed by atoms with van der Waals surface area (Å²) in [5, 5.41) is 1.40. The lowest BCUT2D eigenvalue weighted by atomic mass is 10.2. The Morgan fingerprint density at radius 1 is 0.852 bits per heavy atom. The van der Waals surface area contributed by atoms with Crippen molar-refractivity contribution in [2.24, 2.45) is 4.99 Å². The first-order chi connectivity index (χ1) is 13.0. The average Bonchev–Trinajstić information content (AvgIpc) is 3.26. The average molecular weight is 419 g/mol. The van der Waals surface area contributed by atoms with Crippen LogP contribution in [0, 0.1) is 0 Å². The van der Waals surface area contributed by atoms with E-state index in [0.29, 0.717) is 32.2 Å². The van der Waals surface area contributed by atoms with Crippen molar-refractivity contribution in [3.8, 4) is 11.3 Å². The van der Waals surface area contributed by atoms with Crippen molar-refractivity contribution >= 4 is 52.7 Å². The molecule has 0 aliphatic carbocycles. The molecular weight excluding hydrogens is 409 g/mol. The number of halogens is 3. The van der Waals surface area contributed by atoms with Crippen LogP contribution in [0.2, 0.25) is 15.1 Å². The summed E-state index contributed by atoms with van der Waals surface area (Å²) in [5.74, 6) is 0.722. The zero-order valence-corrected chi connectivity index (χ0v) is 15.8. The lowest BCUT2D eigenvalue weighted by Crippen LogP contribution is -2.05. The number of nitrogens with zero attached hydrogens (tertiary/aromatic N) is 1. The molecule has 0 atom stereocenters. The smallest absolute Gasteiger partial charge is 0.363 e. The summed E-state index contributed by atoms with van der Waals surface area (Å²) in [4.78, 5) is 16.3. The number of rotatable bonds is 3. The summed E-state index contributed by atoms with van der Waals surface area (Å²) in [5.41, 5.74) is 1.56. The van der Waals surface area contributed by atoms with Gasteiger partial charge in [0.05, 0.1) is 10.0 Å². The first-order valence-corrected chi connectivity index (χ1v) is 8.97. The van der Waals surface area contributed by atoms with Crippen LogP contribution >= 0.6 is 34.8 Å². The van der Waals surface area contributed by atoms with Crippen LogP contribution in [0.15, 0.2) is 69.7 Å². The molecule has 1 aromatic heterocycles. The highest BCUT2D eigenvalue weighted by Gasteiger charge is 2.25. The summed E-state index contributed by atoms with van der Waals surface area (Å²) in [6.07, 6.45) is 1.52. The Morgan fingerprint density at radius 3 is 2.33 bits per heavy atom. The molecule has 2 aromatic carbocycles. The minimum Gasteiger partial charge on any atom is -0.457 e. The number of hydrogen-bond donors (Lipinski definition) is 0. The van der Waals surface area contributed by atoms with E-state index in [1.807, 2.05) is 12.1 Å². The maximum absolute atomic E-state index is 12.1. The molecule has 0 saturated carbocycles. The quantitative estimate of drug-likeness (QED) is 0.373. The van der Waals surface area contributed by atoms with E-state index in [1.54, 1.807) is 42.5 Å². The molecule has 0 radical (unpaired) electrons. The second-order valence-electron chi connectivity index (χ2n) is 5.67. The number of furan rings is 1. The number of carbonyl (C=O) groups excluding carboxylic acids is 1. The standard InChI is InChI=1S/C20H10Cl3NO3/c21-13-4-1-11(2-5-13)18-8-6-14(26-18)10-17-20(25)27-19(24-17)12-3-7-15(22)16(23)9-12/h1-10H/b17-10-. The van der Waals surface area contributed by atoms with E-state index < -0.39 is 5.97 Å². The monoisotopic (exact) mass is 417 g/mol. The SMILES string of the molecule is O=C1OC(c2ccc(Cl)c(Cl)c2)=N/C1=C\c1ccc(-c2ccc(Cl)cc2)o1. The van der Waals surface area contributed by atoms with Crippen LogP contribution in [0.3, 0.4) is 0 Å². The Kier molecular flexibility index (Phi) is 4.79. The Balaban J connectivity index is 1.62. The fourth-order valence-electron chi connectivity index (χ4n) is 2.50. The molecular formula is C20H10Cl3NO3. The van der Waals surface area contributed by atoms with Gasteiger partial charge in [0.25, 0.3) is 0 Å². The lowest BCUT2D eigenvalue weighted by molar-refractivity contribution is -0.129. The van der Waals surface area contributed by atoms with Crippen molar-refractivity contribution < 1.29 is 13.9 Å². The highest BCUT2D eigenvalue weighted by molar-refractivity contribution is 6.42. The molecule has 0 amide bonds. The van der Waals surface area contributed by atoms with Gasteiger partial charge in [-0.25, -0.2) is 9.79 Å². The van der Waals surface area contributed by atoms with Crippen molar-refractivity contribution in [3.05, 3.63) is 86.7 Å². The van der Waals surface area contributed by atoms with Gasteiger partial charge in [0.15, 0.2) is 5.70 Å². The number of benzene rings is 2. The van der Waals surface area contributed by atoms with Gasteiger partial charge in [0, 0.05) is 22.2 Å². The van der Waals surface area contributed by atoms with E-state index in [9.17, 15) is 4.79 Å². The third-order valence-electron chi connectivity index (χ3n) is 3.82. The zero-order chi connectivity index (χ0) is 19.0. The molecule has 7 heteroatoms. The Morgan fingerprint density at radius 2 is 1.59 bits per heavy atom. The van der Waals surface area contributed by atoms with Gasteiger partial charge in [-0.3, -0.25) is 0 Å². The Labute approximate surface area is 169 Å². The molecule has 0 fully saturated rings. The van der Waals surface area contributed by atoms with Gasteiger partial charge in [-0.2, -0.15) is 0 Å². The highest BCUT2D eigenvalue weighted by Crippen LogP contribution is 2.28. The normalized spacial score (nSPS) is 15.1. The van der Waals surface area contributed by atoms with Crippen LogP contribution in [-0.2, 0) is 9.53 Å². The maximum atomic E-state index is 12.1. The molecule has 27 heavy (non-hydrogen) atoms. The number of carbonyl (C=O) groups is 1. The van der Waals surface area contributed by atoms with Crippen LogP contribution < -0.4 is 0 Å². The molecule has 4 rings (SSSR count). The number of cyclic esters (lactones) is 1. The molecule has 0 N–H and O–H groups in total. The first kappa shape index (κ1) is 17.9. The van der Waals surface area contributed by atoms with E-state index in [2.05, 4.69) is 4.99 Å². The summed E-state index contributed by atoms with van der Waals surface area (Å²) >= 11 is 17.8. The molecule has 1 aliphatic heterocycles. The number of ether oxygens (including phenoxy) is 1. The van der Waals surface area contributed by atoms with Gasteiger partial charge < -0.3 is 9.15 Å². The van der Waals surface area contributed by atoms with Gasteiger partial charge in [-0.15, -0.1) is 0 Å². The highest BCUT2D eigenvalue weighted by atomic mass is 35.5. The second-order valence-corrected chi connectivity index (χ2v) is 6.92. The van der Waals surface area contributed by atoms with E-state index in [1.165, 1.54) is 6.08 Å². The molecule has 2 heterocycles. The van der Waals surface area contributed by atoms with Crippen molar-refractivity contribution in [2.75, 3.05) is 0 Å². The second kappa shape index (κ2) is 7.24. The van der Waals surface area contributed by atoms with Crippen molar-refractivity contribution in [2.45, 2.75) is 0 Å². The van der Waals surface area contributed by atoms with Crippen molar-refractivity contribution in [3.63, 3.8) is 0 Å². The van der Waals surface area contributed by atoms with Gasteiger partial charge in [0.1, 0.15) is 11.5 Å². The predicted molar refractivity (Wildman–Crippen MR) is 106 cm³/mol. The molecule has 4 nitrogen and oxygen atoms in total. The summed E-state index contributed by atoms with van der Waals surface area (Å²) in [7, 11) is 0. The summed E-state index contributed by atoms with van der Waals surface area (Å²) in [6.45, 7) is 0. The van der Waals surface area contributed by atoms with Gasteiger partial charge in [-0.05, 0) is 54.6 Å². The van der Waals surface area contributed by atoms with E-state index in [-0.39, 0.29) is 11.6 Å². The van der Waals surface area contributed by atoms with Crippen LogP contribution in [0.1, 0.15) is 11.3 Å². The molecule has 134 valence electrons. The van der Waals surface area contributed by atoms with E-state index in [0.717, 1.165) is 5.56 Å². The van der Waals surface area contributed by atoms with E-state index in [4.69, 9.17) is 44.0 Å². The molecule has 1 aliphatic rings. The van der Waals surface area contributed by atoms with Gasteiger partial charge in [-0.1, -0.05) is 34.8 Å².